The van der Waals surface area contributed by atoms with Crippen molar-refractivity contribution in [3.8, 4) is 0 Å². The topological polar surface area (TPSA) is 25.4 Å². The highest BCUT2D eigenvalue weighted by atomic mass is 16.5. The number of allylic oxidation sites excluding steroid dienone is 1. The highest BCUT2D eigenvalue weighted by Gasteiger charge is 2.66. The Labute approximate surface area is 197 Å². The van der Waals surface area contributed by atoms with Gasteiger partial charge in [-0.1, -0.05) is 31.2 Å². The van der Waals surface area contributed by atoms with Gasteiger partial charge in [-0.3, -0.25) is 4.98 Å². The largest absolute Gasteiger partial charge is 0.359 e. The lowest BCUT2D eigenvalue weighted by Crippen LogP contribution is -2.55. The highest BCUT2D eigenvalue weighted by Crippen LogP contribution is 2.69. The van der Waals surface area contributed by atoms with Crippen molar-refractivity contribution in [2.24, 2.45) is 11.3 Å². The zero-order valence-corrected chi connectivity index (χ0v) is 20.3. The molecule has 1 saturated heterocycles. The minimum Gasteiger partial charge on any atom is -0.359 e. The van der Waals surface area contributed by atoms with Gasteiger partial charge in [-0.2, -0.15) is 0 Å². The van der Waals surface area contributed by atoms with Gasteiger partial charge >= 0.3 is 0 Å². The number of hydrogen-bond acceptors (Lipinski definition) is 3. The van der Waals surface area contributed by atoms with Crippen LogP contribution in [0.3, 0.4) is 0 Å². The molecular weight excluding hydrogens is 404 g/mol. The Balaban J connectivity index is 1.28. The number of pyridine rings is 1. The van der Waals surface area contributed by atoms with Gasteiger partial charge in [0.1, 0.15) is 0 Å². The van der Waals surface area contributed by atoms with Gasteiger partial charge in [0.25, 0.3) is 0 Å². The minimum atomic E-state index is -0.0577. The van der Waals surface area contributed by atoms with E-state index in [0.717, 1.165) is 0 Å². The molecule has 7 rings (SSSR count). The number of aromatic nitrogens is 1. The van der Waals surface area contributed by atoms with E-state index in [2.05, 4.69) is 67.3 Å². The van der Waals surface area contributed by atoms with Gasteiger partial charge in [0.05, 0.1) is 11.2 Å². The summed E-state index contributed by atoms with van der Waals surface area (Å²) in [5, 5.41) is 2.56. The van der Waals surface area contributed by atoms with Crippen molar-refractivity contribution in [1.29, 1.82) is 0 Å². The second kappa shape index (κ2) is 6.79. The molecule has 3 nitrogen and oxygen atoms in total. The molecule has 2 spiro atoms. The van der Waals surface area contributed by atoms with E-state index in [4.69, 9.17) is 4.74 Å². The molecule has 3 aliphatic carbocycles. The van der Waals surface area contributed by atoms with E-state index in [-0.39, 0.29) is 16.6 Å². The normalized spacial score (nSPS) is 41.4. The monoisotopic (exact) mass is 440 g/mol. The Bertz CT molecular complexity index is 1200. The van der Waals surface area contributed by atoms with E-state index in [0.29, 0.717) is 17.9 Å². The maximum absolute atomic E-state index is 7.42. The second-order valence-electron chi connectivity index (χ2n) is 12.0. The standard InChI is InChI=1S/C30H36N2O/c1-28-12-10-24-17-23-6-7-25(32(2)3)18-29(23)13-14-30(24,33-29)27(28)9-8-26(28)21-5-4-20-11-15-31-19-22(20)16-21/h4-5,10-11,15-17,19,25-27H,6-9,12-14,18H2,1-3H3/t25-,26+,27+,28+,29+,30?/m0/s1. The molecule has 3 fully saturated rings. The lowest BCUT2D eigenvalue weighted by atomic mass is 9.58. The summed E-state index contributed by atoms with van der Waals surface area (Å²) in [7, 11) is 4.49. The Kier molecular flexibility index (Phi) is 4.20. The molecule has 172 valence electrons. The molecule has 3 heteroatoms. The summed E-state index contributed by atoms with van der Waals surface area (Å²) in [6.07, 6.45) is 18.9. The third-order valence-corrected chi connectivity index (χ3v) is 10.5. The maximum atomic E-state index is 7.42. The molecule has 0 N–H and O–H groups in total. The molecule has 0 radical (unpaired) electrons. The van der Waals surface area contributed by atoms with Crippen molar-refractivity contribution in [3.63, 3.8) is 0 Å². The average molecular weight is 441 g/mol. The SMILES string of the molecule is CN(C)[C@H]1CCC2=CC3=CC[C@]4(C)[C@@H](c5ccc6ccncc6c5)CC[C@H]4C34CC[C@]2(C1)O4. The molecule has 2 saturated carbocycles. The second-order valence-corrected chi connectivity index (χ2v) is 12.0. The molecule has 5 aliphatic rings. The summed E-state index contributed by atoms with van der Waals surface area (Å²) in [4.78, 5) is 6.81. The zero-order chi connectivity index (χ0) is 22.4. The molecule has 1 aromatic heterocycles. The van der Waals surface area contributed by atoms with Gasteiger partial charge in [-0.05, 0) is 117 Å². The van der Waals surface area contributed by atoms with Crippen LogP contribution in [-0.2, 0) is 4.74 Å². The summed E-state index contributed by atoms with van der Waals surface area (Å²) in [6, 6.07) is 9.86. The fourth-order valence-electron chi connectivity index (χ4n) is 8.69. The van der Waals surface area contributed by atoms with Gasteiger partial charge in [-0.25, -0.2) is 0 Å². The first-order chi connectivity index (χ1) is 15.9. The van der Waals surface area contributed by atoms with E-state index < -0.39 is 0 Å². The Morgan fingerprint density at radius 1 is 1.06 bits per heavy atom. The molecule has 2 aliphatic heterocycles. The minimum absolute atomic E-state index is 0.00448. The van der Waals surface area contributed by atoms with Gasteiger partial charge < -0.3 is 9.64 Å². The summed E-state index contributed by atoms with van der Waals surface area (Å²) in [5.74, 6) is 1.20. The molecule has 0 amide bonds. The van der Waals surface area contributed by atoms with E-state index >= 15 is 0 Å². The average Bonchev–Trinajstić information content (AvgIpc) is 3.33. The quantitative estimate of drug-likeness (QED) is 0.540. The van der Waals surface area contributed by atoms with Crippen LogP contribution in [-0.4, -0.2) is 41.2 Å². The molecule has 1 aromatic carbocycles. The van der Waals surface area contributed by atoms with Crippen LogP contribution in [0.4, 0.5) is 0 Å². The van der Waals surface area contributed by atoms with Gasteiger partial charge in [-0.15, -0.1) is 0 Å². The Hall–Kier alpha value is -1.97. The number of nitrogens with zero attached hydrogens (tertiary/aromatic N) is 2. The van der Waals surface area contributed by atoms with Crippen molar-refractivity contribution in [3.05, 3.63) is 65.5 Å². The molecule has 3 heterocycles. The first kappa shape index (κ1) is 20.4. The van der Waals surface area contributed by atoms with Crippen molar-refractivity contribution in [2.45, 2.75) is 81.5 Å². The number of fused-ring (bicyclic) bond motifs is 2. The molecule has 1 unspecified atom stereocenters. The Morgan fingerprint density at radius 2 is 1.97 bits per heavy atom. The molecule has 2 bridgehead atoms. The third kappa shape index (κ3) is 2.67. The van der Waals surface area contributed by atoms with Crippen molar-refractivity contribution in [2.75, 3.05) is 14.1 Å². The van der Waals surface area contributed by atoms with Crippen LogP contribution in [0.25, 0.3) is 10.8 Å². The predicted octanol–water partition coefficient (Wildman–Crippen LogP) is 6.41. The number of rotatable bonds is 2. The van der Waals surface area contributed by atoms with E-state index in [1.165, 1.54) is 73.3 Å². The van der Waals surface area contributed by atoms with Crippen LogP contribution in [0.5, 0.6) is 0 Å². The van der Waals surface area contributed by atoms with Crippen molar-refractivity contribution < 1.29 is 4.74 Å². The lowest BCUT2D eigenvalue weighted by molar-refractivity contribution is -0.139. The fourth-order valence-corrected chi connectivity index (χ4v) is 8.69. The van der Waals surface area contributed by atoms with E-state index in [1.807, 2.05) is 12.4 Å². The third-order valence-electron chi connectivity index (χ3n) is 10.5. The summed E-state index contributed by atoms with van der Waals surface area (Å²) in [6.45, 7) is 2.57. The maximum Gasteiger partial charge on any atom is 0.0974 e. The van der Waals surface area contributed by atoms with Crippen LogP contribution in [0, 0.1) is 11.3 Å². The van der Waals surface area contributed by atoms with Gasteiger partial charge in [0, 0.05) is 23.8 Å². The van der Waals surface area contributed by atoms with Crippen LogP contribution < -0.4 is 0 Å². The first-order valence-corrected chi connectivity index (χ1v) is 13.1. The lowest BCUT2D eigenvalue weighted by Gasteiger charge is -2.54. The van der Waals surface area contributed by atoms with Crippen LogP contribution in [0.2, 0.25) is 0 Å². The van der Waals surface area contributed by atoms with Crippen LogP contribution >= 0.6 is 0 Å². The van der Waals surface area contributed by atoms with E-state index in [1.54, 1.807) is 5.57 Å². The smallest absolute Gasteiger partial charge is 0.0974 e. The highest BCUT2D eigenvalue weighted by molar-refractivity contribution is 5.82. The van der Waals surface area contributed by atoms with Gasteiger partial charge in [0.15, 0.2) is 0 Å². The summed E-state index contributed by atoms with van der Waals surface area (Å²) < 4.78 is 7.42. The van der Waals surface area contributed by atoms with Crippen LogP contribution in [0.15, 0.2) is 60.0 Å². The molecule has 33 heavy (non-hydrogen) atoms. The number of benzene rings is 1. The zero-order valence-electron chi connectivity index (χ0n) is 20.3. The molecule has 2 aromatic rings. The fraction of sp³-hybridized carbons (Fsp3) is 0.567. The molecule has 6 atom stereocenters. The number of ether oxygens (including phenoxy) is 1. The van der Waals surface area contributed by atoms with Crippen molar-refractivity contribution >= 4 is 10.8 Å². The van der Waals surface area contributed by atoms with E-state index in [9.17, 15) is 0 Å². The van der Waals surface area contributed by atoms with Crippen molar-refractivity contribution in [1.82, 2.24) is 9.88 Å². The van der Waals surface area contributed by atoms with Gasteiger partial charge in [0.2, 0.25) is 0 Å². The molecular formula is C30H36N2O. The Morgan fingerprint density at radius 3 is 2.85 bits per heavy atom. The number of hydrogen-bond donors (Lipinski definition) is 0. The predicted molar refractivity (Wildman–Crippen MR) is 133 cm³/mol. The summed E-state index contributed by atoms with van der Waals surface area (Å²) >= 11 is 0. The summed E-state index contributed by atoms with van der Waals surface area (Å²) in [5.41, 5.74) is 4.82. The van der Waals surface area contributed by atoms with Crippen LogP contribution in [0.1, 0.15) is 69.8 Å². The first-order valence-electron chi connectivity index (χ1n) is 13.1.